The predicted octanol–water partition coefficient (Wildman–Crippen LogP) is 2.67. The first kappa shape index (κ1) is 14.2. The molecule has 0 aliphatic heterocycles. The first-order valence-electron chi connectivity index (χ1n) is 6.00. The first-order chi connectivity index (χ1) is 7.95. The molecule has 1 aromatic carbocycles. The summed E-state index contributed by atoms with van der Waals surface area (Å²) in [5, 5.41) is 0. The number of nitrogens with two attached hydrogens (primary N) is 1. The summed E-state index contributed by atoms with van der Waals surface area (Å²) in [6, 6.07) is 6.89. The molecule has 0 spiro atoms. The Morgan fingerprint density at radius 3 is 2.24 bits per heavy atom. The van der Waals surface area contributed by atoms with Crippen LogP contribution in [0.5, 0.6) is 0 Å². The Morgan fingerprint density at radius 2 is 1.76 bits per heavy atom. The second-order valence-electron chi connectivity index (χ2n) is 4.44. The van der Waals surface area contributed by atoms with Crippen LogP contribution in [0.1, 0.15) is 44.2 Å². The van der Waals surface area contributed by atoms with E-state index in [1.165, 1.54) is 19.1 Å². The number of rotatable bonds is 6. The monoisotopic (exact) mass is 255 g/mol. The fraction of sp³-hybridized carbons (Fsp3) is 0.538. The molecule has 1 aromatic rings. The van der Waals surface area contributed by atoms with Crippen LogP contribution in [0.3, 0.4) is 0 Å². The van der Waals surface area contributed by atoms with Crippen LogP contribution in [0, 0.1) is 0 Å². The van der Waals surface area contributed by atoms with E-state index < -0.39 is 9.84 Å². The van der Waals surface area contributed by atoms with Gasteiger partial charge >= 0.3 is 0 Å². The molecule has 1 atom stereocenters. The van der Waals surface area contributed by atoms with Crippen molar-refractivity contribution in [2.45, 2.75) is 43.5 Å². The maximum atomic E-state index is 11.3. The fourth-order valence-corrected chi connectivity index (χ4v) is 2.37. The van der Waals surface area contributed by atoms with E-state index in [4.69, 9.17) is 5.73 Å². The minimum absolute atomic E-state index is 0.00941. The van der Waals surface area contributed by atoms with E-state index in [9.17, 15) is 8.42 Å². The third-order valence-electron chi connectivity index (χ3n) is 2.86. The minimum Gasteiger partial charge on any atom is -0.324 e. The zero-order valence-corrected chi connectivity index (χ0v) is 11.3. The van der Waals surface area contributed by atoms with E-state index in [0.717, 1.165) is 18.4 Å². The first-order valence-corrected chi connectivity index (χ1v) is 7.90. The van der Waals surface area contributed by atoms with Crippen molar-refractivity contribution in [1.29, 1.82) is 0 Å². The average Bonchev–Trinajstić information content (AvgIpc) is 2.28. The van der Waals surface area contributed by atoms with Crippen molar-refractivity contribution in [2.24, 2.45) is 5.73 Å². The molecule has 0 amide bonds. The summed E-state index contributed by atoms with van der Waals surface area (Å²) in [5.74, 6) is 0. The van der Waals surface area contributed by atoms with Crippen LogP contribution in [0.15, 0.2) is 29.2 Å². The lowest BCUT2D eigenvalue weighted by atomic mass is 10.0. The molecule has 4 heteroatoms. The van der Waals surface area contributed by atoms with E-state index in [1.807, 2.05) is 12.1 Å². The van der Waals surface area contributed by atoms with Crippen LogP contribution >= 0.6 is 0 Å². The summed E-state index contributed by atoms with van der Waals surface area (Å²) >= 11 is 0. The van der Waals surface area contributed by atoms with E-state index >= 15 is 0 Å². The summed E-state index contributed by atoms with van der Waals surface area (Å²) in [6.07, 6.45) is 5.65. The molecule has 17 heavy (non-hydrogen) atoms. The Labute approximate surface area is 104 Å². The molecule has 0 aliphatic rings. The van der Waals surface area contributed by atoms with Crippen LogP contribution in [-0.4, -0.2) is 14.7 Å². The van der Waals surface area contributed by atoms with Gasteiger partial charge in [-0.25, -0.2) is 8.42 Å². The molecule has 0 aliphatic carbocycles. The molecule has 0 radical (unpaired) electrons. The van der Waals surface area contributed by atoms with E-state index in [2.05, 4.69) is 6.92 Å². The molecule has 0 saturated carbocycles. The molecular weight excluding hydrogens is 234 g/mol. The van der Waals surface area contributed by atoms with Gasteiger partial charge in [-0.1, -0.05) is 38.3 Å². The highest BCUT2D eigenvalue weighted by molar-refractivity contribution is 7.90. The van der Waals surface area contributed by atoms with Crippen molar-refractivity contribution in [3.63, 3.8) is 0 Å². The summed E-state index contributed by atoms with van der Waals surface area (Å²) in [4.78, 5) is 0.349. The standard InChI is InChI=1S/C13H21NO2S/c1-3-4-5-6-13(14)11-7-9-12(10-8-11)17(2,15)16/h7-10,13H,3-6,14H2,1-2H3/t13-/m0/s1. The van der Waals surface area contributed by atoms with Gasteiger partial charge in [0.05, 0.1) is 4.90 Å². The Kier molecular flexibility index (Phi) is 5.15. The highest BCUT2D eigenvalue weighted by Gasteiger charge is 2.09. The average molecular weight is 255 g/mol. The second kappa shape index (κ2) is 6.17. The lowest BCUT2D eigenvalue weighted by Gasteiger charge is -2.12. The summed E-state index contributed by atoms with van der Waals surface area (Å²) < 4.78 is 22.6. The lowest BCUT2D eigenvalue weighted by Crippen LogP contribution is -2.10. The molecule has 0 unspecified atom stereocenters. The minimum atomic E-state index is -3.11. The van der Waals surface area contributed by atoms with E-state index in [-0.39, 0.29) is 6.04 Å². The molecule has 0 heterocycles. The molecule has 1 rings (SSSR count). The molecule has 3 nitrogen and oxygen atoms in total. The van der Waals surface area contributed by atoms with Crippen molar-refractivity contribution < 1.29 is 8.42 Å². The van der Waals surface area contributed by atoms with E-state index in [0.29, 0.717) is 4.90 Å². The highest BCUT2D eigenvalue weighted by Crippen LogP contribution is 2.19. The van der Waals surface area contributed by atoms with Gasteiger partial charge in [0.15, 0.2) is 9.84 Å². The predicted molar refractivity (Wildman–Crippen MR) is 70.6 cm³/mol. The number of hydrogen-bond acceptors (Lipinski definition) is 3. The quantitative estimate of drug-likeness (QED) is 0.795. The van der Waals surface area contributed by atoms with Crippen LogP contribution < -0.4 is 5.73 Å². The Morgan fingerprint density at radius 1 is 1.18 bits per heavy atom. The van der Waals surface area contributed by atoms with Gasteiger partial charge in [0.1, 0.15) is 0 Å². The van der Waals surface area contributed by atoms with Crippen LogP contribution in [0.25, 0.3) is 0 Å². The topological polar surface area (TPSA) is 60.2 Å². The third kappa shape index (κ3) is 4.48. The summed E-state index contributed by atoms with van der Waals surface area (Å²) in [7, 11) is -3.11. The SMILES string of the molecule is CCCCC[C@H](N)c1ccc(S(C)(=O)=O)cc1. The van der Waals surface area contributed by atoms with Gasteiger partial charge in [0, 0.05) is 12.3 Å². The van der Waals surface area contributed by atoms with Gasteiger partial charge in [-0.05, 0) is 24.1 Å². The lowest BCUT2D eigenvalue weighted by molar-refractivity contribution is 0.580. The highest BCUT2D eigenvalue weighted by atomic mass is 32.2. The van der Waals surface area contributed by atoms with Crippen molar-refractivity contribution in [1.82, 2.24) is 0 Å². The Bertz CT molecular complexity index is 437. The van der Waals surface area contributed by atoms with Gasteiger partial charge < -0.3 is 5.73 Å². The molecule has 2 N–H and O–H groups in total. The van der Waals surface area contributed by atoms with Crippen molar-refractivity contribution in [3.05, 3.63) is 29.8 Å². The van der Waals surface area contributed by atoms with Crippen LogP contribution in [0.2, 0.25) is 0 Å². The summed E-state index contributed by atoms with van der Waals surface area (Å²) in [5.41, 5.74) is 7.05. The summed E-state index contributed by atoms with van der Waals surface area (Å²) in [6.45, 7) is 2.16. The van der Waals surface area contributed by atoms with Gasteiger partial charge in [0.2, 0.25) is 0 Å². The maximum absolute atomic E-state index is 11.3. The molecule has 0 fully saturated rings. The zero-order valence-electron chi connectivity index (χ0n) is 10.5. The largest absolute Gasteiger partial charge is 0.324 e. The van der Waals surface area contributed by atoms with E-state index in [1.54, 1.807) is 12.1 Å². The number of unbranched alkanes of at least 4 members (excludes halogenated alkanes) is 2. The molecule has 0 aromatic heterocycles. The van der Waals surface area contributed by atoms with Gasteiger partial charge in [0.25, 0.3) is 0 Å². The number of benzene rings is 1. The Balaban J connectivity index is 2.67. The van der Waals surface area contributed by atoms with Crippen LogP contribution in [-0.2, 0) is 9.84 Å². The number of sulfone groups is 1. The maximum Gasteiger partial charge on any atom is 0.175 e. The number of hydrogen-bond donors (Lipinski definition) is 1. The van der Waals surface area contributed by atoms with Gasteiger partial charge in [-0.15, -0.1) is 0 Å². The normalized spacial score (nSPS) is 13.6. The molecular formula is C13H21NO2S. The fourth-order valence-electron chi connectivity index (χ4n) is 1.74. The molecule has 0 saturated heterocycles. The second-order valence-corrected chi connectivity index (χ2v) is 6.46. The molecule has 96 valence electrons. The van der Waals surface area contributed by atoms with Crippen molar-refractivity contribution in [2.75, 3.05) is 6.26 Å². The Hall–Kier alpha value is -0.870. The smallest absolute Gasteiger partial charge is 0.175 e. The van der Waals surface area contributed by atoms with Gasteiger partial charge in [-0.3, -0.25) is 0 Å². The van der Waals surface area contributed by atoms with Gasteiger partial charge in [-0.2, -0.15) is 0 Å². The van der Waals surface area contributed by atoms with Crippen molar-refractivity contribution in [3.8, 4) is 0 Å². The zero-order chi connectivity index (χ0) is 12.9. The van der Waals surface area contributed by atoms with Crippen LogP contribution in [0.4, 0.5) is 0 Å². The van der Waals surface area contributed by atoms with Crippen molar-refractivity contribution >= 4 is 9.84 Å². The molecule has 0 bridgehead atoms. The third-order valence-corrected chi connectivity index (χ3v) is 3.98.